The van der Waals surface area contributed by atoms with Crippen LogP contribution in [-0.2, 0) is 9.59 Å². The molecule has 6 N–H and O–H groups in total. The van der Waals surface area contributed by atoms with Gasteiger partial charge in [0.2, 0.25) is 11.8 Å². The average Bonchev–Trinajstić information content (AvgIpc) is 3.69. The van der Waals surface area contributed by atoms with Gasteiger partial charge in [0.1, 0.15) is 11.6 Å². The van der Waals surface area contributed by atoms with E-state index >= 15 is 0 Å². The third-order valence-electron chi connectivity index (χ3n) is 11.3. The van der Waals surface area contributed by atoms with Crippen LogP contribution in [0.25, 0.3) is 33.6 Å². The molecule has 4 aliphatic rings. The molecule has 2 aliphatic carbocycles. The molecule has 0 radical (unpaired) electrons. The minimum Gasteiger partial charge on any atom is -0.346 e. The summed E-state index contributed by atoms with van der Waals surface area (Å²) < 4.78 is 0. The number of rotatable bonds is 9. The summed E-state index contributed by atoms with van der Waals surface area (Å²) in [6.45, 7) is 7.99. The Bertz CT molecular complexity index is 1690. The van der Waals surface area contributed by atoms with E-state index in [-0.39, 0.29) is 35.7 Å². The molecule has 4 heterocycles. The number of nitrogens with two attached hydrogens (primary N) is 2. The lowest BCUT2D eigenvalue weighted by Crippen LogP contribution is -2.47. The second-order valence-electron chi connectivity index (χ2n) is 15.2. The van der Waals surface area contributed by atoms with Crippen LogP contribution in [0.15, 0.2) is 60.9 Å². The Labute approximate surface area is 281 Å². The number of carbonyl (C=O) groups is 2. The van der Waals surface area contributed by atoms with Gasteiger partial charge < -0.3 is 31.2 Å². The van der Waals surface area contributed by atoms with Crippen LogP contribution in [0.1, 0.15) is 77.1 Å². The van der Waals surface area contributed by atoms with E-state index in [1.54, 1.807) is 0 Å². The second kappa shape index (κ2) is 11.7. The predicted molar refractivity (Wildman–Crippen MR) is 185 cm³/mol. The molecule has 10 heteroatoms. The van der Waals surface area contributed by atoms with Gasteiger partial charge in [0, 0.05) is 23.8 Å². The summed E-state index contributed by atoms with van der Waals surface area (Å²) >= 11 is 0. The van der Waals surface area contributed by atoms with Gasteiger partial charge in [-0.15, -0.1) is 0 Å². The number of hydrogen-bond acceptors (Lipinski definition) is 6. The highest BCUT2D eigenvalue weighted by Gasteiger charge is 2.57. The summed E-state index contributed by atoms with van der Waals surface area (Å²) in [6, 6.07) is 16.4. The largest absolute Gasteiger partial charge is 0.346 e. The van der Waals surface area contributed by atoms with Crippen molar-refractivity contribution in [2.24, 2.45) is 35.1 Å². The van der Waals surface area contributed by atoms with E-state index in [0.29, 0.717) is 23.9 Å². The van der Waals surface area contributed by atoms with E-state index in [1.165, 1.54) is 0 Å². The maximum atomic E-state index is 13.2. The van der Waals surface area contributed by atoms with Crippen molar-refractivity contribution in [2.75, 3.05) is 0 Å². The lowest BCUT2D eigenvalue weighted by molar-refractivity contribution is -0.136. The van der Waals surface area contributed by atoms with Crippen LogP contribution < -0.4 is 11.5 Å². The van der Waals surface area contributed by atoms with E-state index in [9.17, 15) is 9.59 Å². The highest BCUT2D eigenvalue weighted by Crippen LogP contribution is 2.54. The Balaban J connectivity index is 0.943. The lowest BCUT2D eigenvalue weighted by atomic mass is 10.0. The van der Waals surface area contributed by atoms with Gasteiger partial charge in [0.15, 0.2) is 0 Å². The first-order chi connectivity index (χ1) is 23.1. The molecule has 8 rings (SSSR count). The molecule has 4 aromatic rings. The van der Waals surface area contributed by atoms with Crippen molar-refractivity contribution in [1.82, 2.24) is 29.7 Å². The van der Waals surface area contributed by atoms with E-state index in [1.807, 2.05) is 49.9 Å². The molecule has 0 spiro atoms. The van der Waals surface area contributed by atoms with Gasteiger partial charge in [0.25, 0.3) is 0 Å². The predicted octanol–water partition coefficient (Wildman–Crippen LogP) is 5.42. The fourth-order valence-corrected chi connectivity index (χ4v) is 7.93. The number of amides is 2. The van der Waals surface area contributed by atoms with E-state index in [0.717, 1.165) is 71.0 Å². The molecule has 0 bridgehead atoms. The summed E-state index contributed by atoms with van der Waals surface area (Å²) in [7, 11) is 0. The lowest BCUT2D eigenvalue weighted by Gasteiger charge is -2.30. The molecule has 2 amide bonds. The third-order valence-corrected chi connectivity index (χ3v) is 11.3. The van der Waals surface area contributed by atoms with Crippen LogP contribution in [0.3, 0.4) is 0 Å². The van der Waals surface area contributed by atoms with Gasteiger partial charge >= 0.3 is 0 Å². The highest BCUT2D eigenvalue weighted by molar-refractivity contribution is 5.84. The van der Waals surface area contributed by atoms with Gasteiger partial charge in [-0.25, -0.2) is 9.97 Å². The number of imidazole rings is 2. The SMILES string of the molecule is CC(C)[C@H](N)C(=O)N1C2C[C@@H]2C[C@H]1c1ncc(-c2ccc(-c3ccc(-c4c[nH]c([C@@H]5CC6C[C@H]6N5C(=O)[C@@H](N)C(C)C)n4)cc3)cc2)[nH]1. The number of nitrogens with zero attached hydrogens (tertiary/aromatic N) is 4. The Morgan fingerprint density at radius 1 is 0.708 bits per heavy atom. The maximum absolute atomic E-state index is 13.2. The molecule has 8 atom stereocenters. The zero-order valence-corrected chi connectivity index (χ0v) is 28.1. The minimum atomic E-state index is -0.487. The topological polar surface area (TPSA) is 150 Å². The number of piperidine rings is 2. The number of likely N-dealkylation sites (tertiary alicyclic amines) is 2. The van der Waals surface area contributed by atoms with Crippen molar-refractivity contribution in [3.63, 3.8) is 0 Å². The molecule has 2 unspecified atom stereocenters. The summed E-state index contributed by atoms with van der Waals surface area (Å²) in [4.78, 5) is 47.0. The van der Waals surface area contributed by atoms with Crippen LogP contribution in [0.4, 0.5) is 0 Å². The Hall–Kier alpha value is -4.28. The van der Waals surface area contributed by atoms with Gasteiger partial charge in [-0.3, -0.25) is 9.59 Å². The average molecular weight is 647 g/mol. The Morgan fingerprint density at radius 3 is 1.71 bits per heavy atom. The summed E-state index contributed by atoms with van der Waals surface area (Å²) in [6.07, 6.45) is 7.83. The Morgan fingerprint density at radius 2 is 1.19 bits per heavy atom. The molecule has 2 aromatic carbocycles. The molecular weight excluding hydrogens is 600 g/mol. The van der Waals surface area contributed by atoms with E-state index in [4.69, 9.17) is 21.4 Å². The van der Waals surface area contributed by atoms with Crippen molar-refractivity contribution in [3.05, 3.63) is 72.6 Å². The van der Waals surface area contributed by atoms with Gasteiger partial charge in [-0.05, 0) is 66.0 Å². The second-order valence-corrected chi connectivity index (χ2v) is 15.2. The highest BCUT2D eigenvalue weighted by atomic mass is 16.2. The maximum Gasteiger partial charge on any atom is 0.240 e. The molecule has 2 saturated heterocycles. The van der Waals surface area contributed by atoms with Gasteiger partial charge in [-0.1, -0.05) is 76.2 Å². The van der Waals surface area contributed by atoms with Crippen LogP contribution in [0.5, 0.6) is 0 Å². The first-order valence-corrected chi connectivity index (χ1v) is 17.6. The first-order valence-electron chi connectivity index (χ1n) is 17.6. The first kappa shape index (κ1) is 31.0. The number of fused-ring (bicyclic) bond motifs is 2. The number of hydrogen-bond donors (Lipinski definition) is 4. The molecule has 250 valence electrons. The van der Waals surface area contributed by atoms with E-state index in [2.05, 4.69) is 58.5 Å². The van der Waals surface area contributed by atoms with Crippen LogP contribution in [0.2, 0.25) is 0 Å². The van der Waals surface area contributed by atoms with Crippen LogP contribution in [0, 0.1) is 23.7 Å². The normalized spacial score (nSPS) is 26.9. The number of benzene rings is 2. The number of H-pyrrole nitrogens is 2. The van der Waals surface area contributed by atoms with Crippen molar-refractivity contribution in [2.45, 2.75) is 89.6 Å². The van der Waals surface area contributed by atoms with Crippen molar-refractivity contribution in [3.8, 4) is 33.6 Å². The minimum absolute atomic E-state index is 0.0385. The standard InChI is InChI=1S/C38H46N8O2/c1-19(2)33(39)37(47)45-29-13-25(29)15-31(45)35-41-17-27(43-35)23-9-5-21(6-10-23)22-7-11-24(12-8-22)28-18-42-36(44-28)32-16-26-14-30(26)46(32)38(48)34(40)20(3)4/h5-12,17-20,25-26,29-34H,13-16,39-40H2,1-4H3,(H,41,43)(H,42,44)/t25-,26?,29?,30-,31+,32+,33+,34+/m1/s1. The number of carbonyl (C=O) groups excluding carboxylic acids is 2. The summed E-state index contributed by atoms with van der Waals surface area (Å²) in [5.41, 5.74) is 18.7. The van der Waals surface area contributed by atoms with Crippen molar-refractivity contribution in [1.29, 1.82) is 0 Å². The molecule has 48 heavy (non-hydrogen) atoms. The Kier molecular flexibility index (Phi) is 7.56. The molecule has 2 aromatic heterocycles. The fraction of sp³-hybridized carbons (Fsp3) is 0.474. The van der Waals surface area contributed by atoms with E-state index < -0.39 is 12.1 Å². The smallest absolute Gasteiger partial charge is 0.240 e. The molecule has 4 fully saturated rings. The number of aromatic amines is 2. The molecular formula is C38H46N8O2. The van der Waals surface area contributed by atoms with Crippen molar-refractivity contribution >= 4 is 11.8 Å². The zero-order chi connectivity index (χ0) is 33.4. The fourth-order valence-electron chi connectivity index (χ4n) is 7.93. The third kappa shape index (κ3) is 5.35. The number of nitrogens with one attached hydrogen (secondary N) is 2. The zero-order valence-electron chi connectivity index (χ0n) is 28.1. The van der Waals surface area contributed by atoms with Gasteiger partial charge in [-0.2, -0.15) is 0 Å². The van der Waals surface area contributed by atoms with Crippen molar-refractivity contribution < 1.29 is 9.59 Å². The molecule has 2 aliphatic heterocycles. The molecule has 10 nitrogen and oxygen atoms in total. The monoisotopic (exact) mass is 646 g/mol. The summed E-state index contributed by atoms with van der Waals surface area (Å²) in [5.74, 6) is 3.07. The summed E-state index contributed by atoms with van der Waals surface area (Å²) in [5, 5.41) is 0. The quantitative estimate of drug-likeness (QED) is 0.191. The van der Waals surface area contributed by atoms with Gasteiger partial charge in [0.05, 0.1) is 41.8 Å². The van der Waals surface area contributed by atoms with Crippen LogP contribution >= 0.6 is 0 Å². The number of aromatic nitrogens is 4. The van der Waals surface area contributed by atoms with Crippen LogP contribution in [-0.4, -0.2) is 65.7 Å². The molecule has 2 saturated carbocycles.